The quantitative estimate of drug-likeness (QED) is 0.862. The number of ether oxygens (including phenoxy) is 2. The van der Waals surface area contributed by atoms with Gasteiger partial charge in [0.25, 0.3) is 0 Å². The summed E-state index contributed by atoms with van der Waals surface area (Å²) in [7, 11) is 5.37. The molecule has 1 N–H and O–H groups in total. The van der Waals surface area contributed by atoms with Crippen LogP contribution in [0.4, 0.5) is 0 Å². The zero-order valence-corrected chi connectivity index (χ0v) is 15.9. The third kappa shape index (κ3) is 3.09. The molecule has 0 aliphatic heterocycles. The van der Waals surface area contributed by atoms with Gasteiger partial charge in [0.1, 0.15) is 0 Å². The Kier molecular flexibility index (Phi) is 4.90. The van der Waals surface area contributed by atoms with E-state index in [4.69, 9.17) is 9.47 Å². The highest BCUT2D eigenvalue weighted by Crippen LogP contribution is 2.55. The van der Waals surface area contributed by atoms with E-state index < -0.39 is 0 Å². The molecule has 2 aromatic rings. The maximum Gasteiger partial charge on any atom is 0.160 e. The second-order valence-corrected chi connectivity index (χ2v) is 7.68. The third-order valence-corrected chi connectivity index (χ3v) is 6.28. The van der Waals surface area contributed by atoms with Crippen LogP contribution in [0.25, 0.3) is 0 Å². The molecule has 0 bridgehead atoms. The number of nitrogens with one attached hydrogen (secondary N) is 1. The number of methoxy groups -OCH3 is 2. The smallest absolute Gasteiger partial charge is 0.160 e. The molecule has 1 aromatic carbocycles. The molecule has 2 saturated carbocycles. The van der Waals surface area contributed by atoms with Gasteiger partial charge < -0.3 is 14.8 Å². The van der Waals surface area contributed by atoms with Gasteiger partial charge in [-0.2, -0.15) is 5.10 Å². The maximum atomic E-state index is 5.54. The van der Waals surface area contributed by atoms with Gasteiger partial charge >= 0.3 is 0 Å². The molecule has 4 rings (SSSR count). The lowest BCUT2D eigenvalue weighted by Crippen LogP contribution is -2.57. The molecule has 0 spiro atoms. The fourth-order valence-corrected chi connectivity index (χ4v) is 5.06. The molecule has 0 amide bonds. The molecule has 4 atom stereocenters. The van der Waals surface area contributed by atoms with E-state index in [9.17, 15) is 0 Å². The van der Waals surface area contributed by atoms with Crippen LogP contribution in [0.5, 0.6) is 11.5 Å². The van der Waals surface area contributed by atoms with E-state index in [1.165, 1.54) is 36.8 Å². The van der Waals surface area contributed by atoms with E-state index in [1.54, 1.807) is 14.2 Å². The van der Waals surface area contributed by atoms with Crippen LogP contribution < -0.4 is 14.8 Å². The van der Waals surface area contributed by atoms with E-state index in [-0.39, 0.29) is 0 Å². The lowest BCUT2D eigenvalue weighted by Gasteiger charge is -2.55. The van der Waals surface area contributed by atoms with E-state index in [2.05, 4.69) is 28.7 Å². The molecule has 0 unspecified atom stereocenters. The first-order chi connectivity index (χ1) is 12.7. The van der Waals surface area contributed by atoms with Crippen LogP contribution in [0.1, 0.15) is 42.7 Å². The summed E-state index contributed by atoms with van der Waals surface area (Å²) < 4.78 is 12.8. The number of hydrogen-bond acceptors (Lipinski definition) is 4. The lowest BCUT2D eigenvalue weighted by atomic mass is 9.53. The third-order valence-electron chi connectivity index (χ3n) is 6.28. The fraction of sp³-hybridized carbons (Fsp3) is 0.571. The molecule has 0 saturated heterocycles. The minimum Gasteiger partial charge on any atom is -0.493 e. The largest absolute Gasteiger partial charge is 0.493 e. The Morgan fingerprint density at radius 1 is 1.12 bits per heavy atom. The predicted octanol–water partition coefficient (Wildman–Crippen LogP) is 3.50. The van der Waals surface area contributed by atoms with E-state index in [0.717, 1.165) is 29.9 Å². The predicted molar refractivity (Wildman–Crippen MR) is 102 cm³/mol. The van der Waals surface area contributed by atoms with Crippen molar-refractivity contribution in [3.8, 4) is 11.5 Å². The zero-order chi connectivity index (χ0) is 18.1. The van der Waals surface area contributed by atoms with Crippen molar-refractivity contribution in [2.75, 3.05) is 14.2 Å². The molecule has 26 heavy (non-hydrogen) atoms. The van der Waals surface area contributed by atoms with Crippen LogP contribution in [-0.4, -0.2) is 30.0 Å². The lowest BCUT2D eigenvalue weighted by molar-refractivity contribution is 0.0253. The van der Waals surface area contributed by atoms with Crippen LogP contribution in [0.3, 0.4) is 0 Å². The molecule has 5 nitrogen and oxygen atoms in total. The summed E-state index contributed by atoms with van der Waals surface area (Å²) >= 11 is 0. The Labute approximate surface area is 155 Å². The topological polar surface area (TPSA) is 48.3 Å². The van der Waals surface area contributed by atoms with Crippen molar-refractivity contribution in [3.63, 3.8) is 0 Å². The highest BCUT2D eigenvalue weighted by atomic mass is 16.5. The standard InChI is InChI=1S/C21H29N3O2/c1-24-13-14(12-23-24)11-22-21-17-7-5-4-6-16(17)20(21)15-8-9-18(25-2)19(10-15)26-3/h8-10,12-13,16-17,20-22H,4-7,11H2,1-3H3/t16-,17+,20+,21+/m1/s1. The summed E-state index contributed by atoms with van der Waals surface area (Å²) in [5.41, 5.74) is 2.62. The van der Waals surface area contributed by atoms with Crippen molar-refractivity contribution >= 4 is 0 Å². The van der Waals surface area contributed by atoms with Crippen molar-refractivity contribution in [2.24, 2.45) is 18.9 Å². The number of benzene rings is 1. The van der Waals surface area contributed by atoms with Crippen molar-refractivity contribution in [3.05, 3.63) is 41.7 Å². The number of fused-ring (bicyclic) bond motifs is 1. The highest BCUT2D eigenvalue weighted by molar-refractivity contribution is 5.45. The first-order valence-electron chi connectivity index (χ1n) is 9.64. The monoisotopic (exact) mass is 355 g/mol. The molecule has 2 fully saturated rings. The number of hydrogen-bond donors (Lipinski definition) is 1. The van der Waals surface area contributed by atoms with Gasteiger partial charge in [0, 0.05) is 37.3 Å². The van der Waals surface area contributed by atoms with Crippen molar-refractivity contribution < 1.29 is 9.47 Å². The van der Waals surface area contributed by atoms with E-state index >= 15 is 0 Å². The molecular formula is C21H29N3O2. The molecular weight excluding hydrogens is 326 g/mol. The number of nitrogens with zero attached hydrogens (tertiary/aromatic N) is 2. The highest BCUT2D eigenvalue weighted by Gasteiger charge is 2.51. The second kappa shape index (κ2) is 7.31. The van der Waals surface area contributed by atoms with Gasteiger partial charge in [-0.3, -0.25) is 4.68 Å². The van der Waals surface area contributed by atoms with Crippen LogP contribution in [-0.2, 0) is 13.6 Å². The first kappa shape index (κ1) is 17.4. The van der Waals surface area contributed by atoms with Gasteiger partial charge in [-0.1, -0.05) is 18.9 Å². The summed E-state index contributed by atoms with van der Waals surface area (Å²) in [5.74, 6) is 3.76. The summed E-state index contributed by atoms with van der Waals surface area (Å²) in [4.78, 5) is 0. The molecule has 1 heterocycles. The van der Waals surface area contributed by atoms with Crippen molar-refractivity contribution in [1.29, 1.82) is 0 Å². The summed E-state index contributed by atoms with van der Waals surface area (Å²) in [5, 5.41) is 8.12. The van der Waals surface area contributed by atoms with Gasteiger partial charge in [-0.15, -0.1) is 0 Å². The Morgan fingerprint density at radius 2 is 1.88 bits per heavy atom. The fourth-order valence-electron chi connectivity index (χ4n) is 5.06. The molecule has 0 radical (unpaired) electrons. The average Bonchev–Trinajstić information content (AvgIpc) is 3.07. The Bertz CT molecular complexity index is 757. The van der Waals surface area contributed by atoms with Gasteiger partial charge in [-0.25, -0.2) is 0 Å². The van der Waals surface area contributed by atoms with Gasteiger partial charge in [-0.05, 0) is 42.4 Å². The summed E-state index contributed by atoms with van der Waals surface area (Å²) in [6, 6.07) is 6.96. The van der Waals surface area contributed by atoms with Gasteiger partial charge in [0.05, 0.1) is 20.4 Å². The van der Waals surface area contributed by atoms with Crippen molar-refractivity contribution in [2.45, 2.75) is 44.2 Å². The Morgan fingerprint density at radius 3 is 2.58 bits per heavy atom. The zero-order valence-electron chi connectivity index (χ0n) is 15.9. The second-order valence-electron chi connectivity index (χ2n) is 7.68. The van der Waals surface area contributed by atoms with Crippen LogP contribution in [0.15, 0.2) is 30.6 Å². The maximum absolute atomic E-state index is 5.54. The van der Waals surface area contributed by atoms with E-state index in [0.29, 0.717) is 12.0 Å². The van der Waals surface area contributed by atoms with Gasteiger partial charge in [0.15, 0.2) is 11.5 Å². The summed E-state index contributed by atoms with van der Waals surface area (Å²) in [6.07, 6.45) is 9.46. The van der Waals surface area contributed by atoms with Gasteiger partial charge in [0.2, 0.25) is 0 Å². The molecule has 140 valence electrons. The SMILES string of the molecule is COc1ccc([C@H]2[C@@H]3CCCC[C@@H]3[C@@H]2NCc2cnn(C)c2)cc1OC. The average molecular weight is 355 g/mol. The first-order valence-corrected chi connectivity index (χ1v) is 9.64. The van der Waals surface area contributed by atoms with Crippen LogP contribution in [0, 0.1) is 11.8 Å². The van der Waals surface area contributed by atoms with Crippen LogP contribution >= 0.6 is 0 Å². The summed E-state index contributed by atoms with van der Waals surface area (Å²) in [6.45, 7) is 0.880. The Balaban J connectivity index is 1.55. The molecule has 2 aliphatic carbocycles. The van der Waals surface area contributed by atoms with Crippen LogP contribution in [0.2, 0.25) is 0 Å². The Hall–Kier alpha value is -2.01. The van der Waals surface area contributed by atoms with E-state index in [1.807, 2.05) is 24.0 Å². The normalized spacial score (nSPS) is 27.5. The minimum absolute atomic E-state index is 0.526. The molecule has 1 aromatic heterocycles. The molecule has 5 heteroatoms. The number of rotatable bonds is 6. The minimum atomic E-state index is 0.526. The molecule has 2 aliphatic rings. The number of aromatic nitrogens is 2. The van der Waals surface area contributed by atoms with Crippen molar-refractivity contribution in [1.82, 2.24) is 15.1 Å². The number of aryl methyl sites for hydroxylation is 1.